The number of nitrogens with one attached hydrogen (secondary N) is 1. The van der Waals surface area contributed by atoms with Crippen molar-refractivity contribution in [2.45, 2.75) is 6.42 Å². The first-order chi connectivity index (χ1) is 11.4. The predicted molar refractivity (Wildman–Crippen MR) is 90.5 cm³/mol. The van der Waals surface area contributed by atoms with E-state index in [1.807, 2.05) is 6.20 Å². The van der Waals surface area contributed by atoms with E-state index in [-0.39, 0.29) is 0 Å². The van der Waals surface area contributed by atoms with Crippen molar-refractivity contribution in [2.75, 3.05) is 37.6 Å². The maximum atomic E-state index is 4.53. The number of hydrogen-bond acceptors (Lipinski definition) is 5. The van der Waals surface area contributed by atoms with Crippen LogP contribution in [-0.2, 0) is 6.42 Å². The van der Waals surface area contributed by atoms with E-state index < -0.39 is 0 Å². The van der Waals surface area contributed by atoms with Crippen molar-refractivity contribution >= 4 is 17.1 Å². The van der Waals surface area contributed by atoms with Crippen LogP contribution in [0.25, 0.3) is 11.2 Å². The number of rotatable bonds is 4. The lowest BCUT2D eigenvalue weighted by atomic mass is 10.1. The number of anilines is 1. The molecule has 6 heteroatoms. The topological polar surface area (TPSA) is 60.9 Å². The zero-order valence-corrected chi connectivity index (χ0v) is 13.0. The summed E-state index contributed by atoms with van der Waals surface area (Å²) < 4.78 is 0. The Hall–Kier alpha value is -2.47. The summed E-state index contributed by atoms with van der Waals surface area (Å²) in [6, 6.07) is 10.7. The van der Waals surface area contributed by atoms with Crippen molar-refractivity contribution in [1.29, 1.82) is 0 Å². The van der Waals surface area contributed by atoms with Gasteiger partial charge in [-0.15, -0.1) is 0 Å². The predicted octanol–water partition coefficient (Wildman–Crippen LogP) is 1.72. The lowest BCUT2D eigenvalue weighted by Gasteiger charge is -2.34. The third-order valence-electron chi connectivity index (χ3n) is 4.38. The Morgan fingerprint density at radius 3 is 2.65 bits per heavy atom. The van der Waals surface area contributed by atoms with E-state index in [1.165, 1.54) is 5.56 Å². The third-order valence-corrected chi connectivity index (χ3v) is 4.38. The first kappa shape index (κ1) is 14.1. The first-order valence-corrected chi connectivity index (χ1v) is 8.06. The van der Waals surface area contributed by atoms with Crippen LogP contribution < -0.4 is 4.90 Å². The Labute approximate surface area is 135 Å². The van der Waals surface area contributed by atoms with Crippen molar-refractivity contribution in [3.63, 3.8) is 0 Å². The van der Waals surface area contributed by atoms with Crippen molar-refractivity contribution in [3.05, 3.63) is 48.4 Å². The molecule has 0 aliphatic carbocycles. The normalized spacial score (nSPS) is 16.1. The van der Waals surface area contributed by atoms with Crippen molar-refractivity contribution < 1.29 is 0 Å². The highest BCUT2D eigenvalue weighted by molar-refractivity contribution is 5.69. The van der Waals surface area contributed by atoms with Crippen LogP contribution in [0.15, 0.2) is 42.9 Å². The van der Waals surface area contributed by atoms with Gasteiger partial charge in [-0.3, -0.25) is 4.90 Å². The summed E-state index contributed by atoms with van der Waals surface area (Å²) in [5.41, 5.74) is 3.03. The van der Waals surface area contributed by atoms with E-state index in [0.29, 0.717) is 0 Å². The molecule has 0 spiro atoms. The van der Waals surface area contributed by atoms with Crippen molar-refractivity contribution in [3.8, 4) is 0 Å². The van der Waals surface area contributed by atoms with E-state index in [4.69, 9.17) is 0 Å². The monoisotopic (exact) mass is 308 g/mol. The summed E-state index contributed by atoms with van der Waals surface area (Å²) >= 11 is 0. The number of H-pyrrole nitrogens is 1. The van der Waals surface area contributed by atoms with Gasteiger partial charge in [-0.25, -0.2) is 9.97 Å². The quantitative estimate of drug-likeness (QED) is 0.795. The lowest BCUT2D eigenvalue weighted by Crippen LogP contribution is -2.47. The molecule has 0 atom stereocenters. The van der Waals surface area contributed by atoms with E-state index in [0.717, 1.165) is 56.3 Å². The molecule has 6 nitrogen and oxygen atoms in total. The molecule has 0 saturated carbocycles. The summed E-state index contributed by atoms with van der Waals surface area (Å²) in [6.07, 6.45) is 4.58. The number of piperazine rings is 1. The average molecular weight is 308 g/mol. The minimum Gasteiger partial charge on any atom is -0.342 e. The molecule has 3 aromatic rings. The average Bonchev–Trinajstić information content (AvgIpc) is 3.09. The Morgan fingerprint density at radius 1 is 1.00 bits per heavy atom. The molecule has 0 unspecified atom stereocenters. The Morgan fingerprint density at radius 2 is 1.83 bits per heavy atom. The molecule has 1 N–H and O–H groups in total. The van der Waals surface area contributed by atoms with Crippen LogP contribution in [0, 0.1) is 0 Å². The number of benzene rings is 1. The molecule has 1 aliphatic heterocycles. The summed E-state index contributed by atoms with van der Waals surface area (Å²) in [5.74, 6) is 0.785. The van der Waals surface area contributed by atoms with Crippen LogP contribution in [0.4, 0.5) is 5.95 Å². The molecule has 1 aliphatic rings. The Balaban J connectivity index is 1.33. The highest BCUT2D eigenvalue weighted by Crippen LogP contribution is 2.14. The largest absolute Gasteiger partial charge is 0.342 e. The molecule has 0 radical (unpaired) electrons. The fourth-order valence-electron chi connectivity index (χ4n) is 2.98. The number of hydrogen-bond donors (Lipinski definition) is 1. The minimum atomic E-state index is 0.738. The molecule has 4 rings (SSSR count). The standard InChI is InChI=1S/C17H20N6/c1-2-4-14(5-3-1)6-7-22-8-10-23(11-9-22)17-18-12-15-16(21-17)20-13-19-15/h1-5,12-13H,6-11H2,(H,18,19,20,21). The second kappa shape index (κ2) is 6.34. The molecule has 2 aromatic heterocycles. The van der Waals surface area contributed by atoms with Crippen LogP contribution in [0.5, 0.6) is 0 Å². The SMILES string of the molecule is c1ccc(CCN2CCN(c3ncc4[nH]cnc4n3)CC2)cc1. The Bertz CT molecular complexity index is 761. The number of imidazole rings is 1. The van der Waals surface area contributed by atoms with Gasteiger partial charge in [0.2, 0.25) is 5.95 Å². The van der Waals surface area contributed by atoms with Crippen molar-refractivity contribution in [1.82, 2.24) is 24.8 Å². The van der Waals surface area contributed by atoms with Gasteiger partial charge in [-0.05, 0) is 12.0 Å². The van der Waals surface area contributed by atoms with Gasteiger partial charge < -0.3 is 9.88 Å². The van der Waals surface area contributed by atoms with E-state index in [2.05, 4.69) is 60.1 Å². The Kier molecular flexibility index (Phi) is 3.90. The van der Waals surface area contributed by atoms with Crippen LogP contribution in [0.1, 0.15) is 5.56 Å². The van der Waals surface area contributed by atoms with Gasteiger partial charge in [0.25, 0.3) is 0 Å². The first-order valence-electron chi connectivity index (χ1n) is 8.06. The van der Waals surface area contributed by atoms with Gasteiger partial charge in [0.15, 0.2) is 5.65 Å². The smallest absolute Gasteiger partial charge is 0.227 e. The number of nitrogens with zero attached hydrogens (tertiary/aromatic N) is 5. The fourth-order valence-corrected chi connectivity index (χ4v) is 2.98. The molecule has 0 bridgehead atoms. The van der Waals surface area contributed by atoms with Crippen LogP contribution in [-0.4, -0.2) is 57.6 Å². The van der Waals surface area contributed by atoms with Crippen LogP contribution in [0.2, 0.25) is 0 Å². The second-order valence-corrected chi connectivity index (χ2v) is 5.87. The molecule has 23 heavy (non-hydrogen) atoms. The zero-order chi connectivity index (χ0) is 15.5. The molecule has 1 aromatic carbocycles. The lowest BCUT2D eigenvalue weighted by molar-refractivity contribution is 0.260. The highest BCUT2D eigenvalue weighted by atomic mass is 15.3. The number of aromatic nitrogens is 4. The zero-order valence-electron chi connectivity index (χ0n) is 13.0. The summed E-state index contributed by atoms with van der Waals surface area (Å²) in [4.78, 5) is 21.0. The van der Waals surface area contributed by atoms with Gasteiger partial charge in [0.1, 0.15) is 5.52 Å². The molecule has 1 saturated heterocycles. The molecule has 1 fully saturated rings. The molecule has 118 valence electrons. The molecule has 0 amide bonds. The van der Waals surface area contributed by atoms with Gasteiger partial charge in [-0.2, -0.15) is 4.98 Å². The summed E-state index contributed by atoms with van der Waals surface area (Å²) in [5, 5.41) is 0. The maximum absolute atomic E-state index is 4.53. The highest BCUT2D eigenvalue weighted by Gasteiger charge is 2.19. The van der Waals surface area contributed by atoms with E-state index >= 15 is 0 Å². The van der Waals surface area contributed by atoms with E-state index in [1.54, 1.807) is 6.33 Å². The number of aromatic amines is 1. The second-order valence-electron chi connectivity index (χ2n) is 5.87. The molecule has 3 heterocycles. The van der Waals surface area contributed by atoms with Gasteiger partial charge in [0, 0.05) is 32.7 Å². The van der Waals surface area contributed by atoms with E-state index in [9.17, 15) is 0 Å². The number of fused-ring (bicyclic) bond motifs is 1. The van der Waals surface area contributed by atoms with Gasteiger partial charge >= 0.3 is 0 Å². The third kappa shape index (κ3) is 3.17. The van der Waals surface area contributed by atoms with Gasteiger partial charge in [-0.1, -0.05) is 30.3 Å². The summed E-state index contributed by atoms with van der Waals surface area (Å²) in [7, 11) is 0. The maximum Gasteiger partial charge on any atom is 0.227 e. The van der Waals surface area contributed by atoms with Crippen LogP contribution in [0.3, 0.4) is 0 Å². The van der Waals surface area contributed by atoms with Crippen LogP contribution >= 0.6 is 0 Å². The fraction of sp³-hybridized carbons (Fsp3) is 0.353. The van der Waals surface area contributed by atoms with Crippen molar-refractivity contribution in [2.24, 2.45) is 0 Å². The molecular formula is C17H20N6. The summed E-state index contributed by atoms with van der Waals surface area (Å²) in [6.45, 7) is 5.14. The van der Waals surface area contributed by atoms with Gasteiger partial charge in [0.05, 0.1) is 12.5 Å². The minimum absolute atomic E-state index is 0.738. The molecular weight excluding hydrogens is 288 g/mol.